The molecule has 0 amide bonds. The van der Waals surface area contributed by atoms with Gasteiger partial charge in [0.25, 0.3) is 0 Å². The van der Waals surface area contributed by atoms with Crippen LogP contribution in [0, 0.1) is 0 Å². The summed E-state index contributed by atoms with van der Waals surface area (Å²) in [6, 6.07) is 19.8. The summed E-state index contributed by atoms with van der Waals surface area (Å²) in [5.74, 6) is 0. The lowest BCUT2D eigenvalue weighted by molar-refractivity contribution is 0.500. The van der Waals surface area contributed by atoms with Gasteiger partial charge < -0.3 is 5.32 Å². The van der Waals surface area contributed by atoms with Crippen molar-refractivity contribution in [3.8, 4) is 0 Å². The minimum atomic E-state index is 0.295. The largest absolute Gasteiger partial charge is 0.303 e. The molecule has 0 aliphatic heterocycles. The average molecular weight is 316 g/mol. The van der Waals surface area contributed by atoms with Crippen LogP contribution in [0.15, 0.2) is 54.6 Å². The molecule has 2 atom stereocenters. The predicted molar refractivity (Wildman–Crippen MR) is 93.2 cm³/mol. The van der Waals surface area contributed by atoms with Crippen LogP contribution < -0.4 is 5.32 Å². The van der Waals surface area contributed by atoms with Crippen LogP contribution in [-0.4, -0.2) is 0 Å². The summed E-state index contributed by atoms with van der Waals surface area (Å²) in [6.45, 7) is 4.38. The van der Waals surface area contributed by atoms with Crippen LogP contribution in [-0.2, 0) is 0 Å². The van der Waals surface area contributed by atoms with Crippen LogP contribution in [0.5, 0.6) is 0 Å². The fourth-order valence-electron chi connectivity index (χ4n) is 2.59. The third-order valence-electron chi connectivity index (χ3n) is 3.79. The van der Waals surface area contributed by atoms with E-state index in [1.807, 2.05) is 6.07 Å². The lowest BCUT2D eigenvalue weighted by Crippen LogP contribution is -2.21. The molecule has 0 saturated carbocycles. The molecule has 0 fully saturated rings. The van der Waals surface area contributed by atoms with Gasteiger partial charge in [-0.1, -0.05) is 48.0 Å². The minimum Gasteiger partial charge on any atom is -0.303 e. The number of nitrogens with one attached hydrogen (secondary N) is 1. The van der Waals surface area contributed by atoms with Crippen LogP contribution in [0.25, 0.3) is 10.8 Å². The summed E-state index contributed by atoms with van der Waals surface area (Å²) in [6.07, 6.45) is 0. The second kappa shape index (κ2) is 6.18. The molecule has 0 aliphatic carbocycles. The third kappa shape index (κ3) is 3.29. The minimum absolute atomic E-state index is 0.295. The molecule has 21 heavy (non-hydrogen) atoms. The van der Waals surface area contributed by atoms with Gasteiger partial charge in [-0.2, -0.15) is 0 Å². The van der Waals surface area contributed by atoms with Crippen molar-refractivity contribution in [3.05, 3.63) is 69.4 Å². The third-order valence-corrected chi connectivity index (χ3v) is 5.21. The van der Waals surface area contributed by atoms with Gasteiger partial charge in [0.05, 0.1) is 4.34 Å². The maximum absolute atomic E-state index is 6.01. The fraction of sp³-hybridized carbons (Fsp3) is 0.222. The Balaban J connectivity index is 1.78. The van der Waals surface area contributed by atoms with Crippen molar-refractivity contribution in [2.75, 3.05) is 0 Å². The Bertz CT molecular complexity index is 750. The maximum Gasteiger partial charge on any atom is 0.0931 e. The van der Waals surface area contributed by atoms with Crippen LogP contribution in [0.4, 0.5) is 0 Å². The molecule has 108 valence electrons. The molecule has 2 unspecified atom stereocenters. The van der Waals surface area contributed by atoms with Crippen molar-refractivity contribution in [1.82, 2.24) is 5.32 Å². The van der Waals surface area contributed by atoms with Gasteiger partial charge in [0.2, 0.25) is 0 Å². The Morgan fingerprint density at radius 1 is 0.905 bits per heavy atom. The fourth-order valence-corrected chi connectivity index (χ4v) is 3.66. The Labute approximate surface area is 134 Å². The van der Waals surface area contributed by atoms with Crippen LogP contribution in [0.2, 0.25) is 4.34 Å². The maximum atomic E-state index is 6.01. The molecule has 3 rings (SSSR count). The number of fused-ring (bicyclic) bond motifs is 1. The molecule has 0 bridgehead atoms. The van der Waals surface area contributed by atoms with E-state index in [0.29, 0.717) is 12.1 Å². The predicted octanol–water partition coefficient (Wildman–Crippen LogP) is 5.97. The molecular weight excluding hydrogens is 298 g/mol. The van der Waals surface area contributed by atoms with Crippen molar-refractivity contribution in [1.29, 1.82) is 0 Å². The SMILES string of the molecule is CC(NC(C)c1ccc(Cl)s1)c1ccc2ccccc2c1. The lowest BCUT2D eigenvalue weighted by Gasteiger charge is -2.20. The zero-order chi connectivity index (χ0) is 14.8. The molecule has 0 aliphatic rings. The molecule has 1 heterocycles. The van der Waals surface area contributed by atoms with Gasteiger partial charge in [-0.15, -0.1) is 11.3 Å². The summed E-state index contributed by atoms with van der Waals surface area (Å²) in [5, 5.41) is 6.21. The lowest BCUT2D eigenvalue weighted by atomic mass is 10.0. The van der Waals surface area contributed by atoms with Crippen molar-refractivity contribution in [2.24, 2.45) is 0 Å². The first-order chi connectivity index (χ1) is 10.1. The van der Waals surface area contributed by atoms with Crippen molar-refractivity contribution >= 4 is 33.7 Å². The zero-order valence-electron chi connectivity index (χ0n) is 12.1. The number of benzene rings is 2. The summed E-state index contributed by atoms with van der Waals surface area (Å²) in [7, 11) is 0. The summed E-state index contributed by atoms with van der Waals surface area (Å²) in [5.41, 5.74) is 1.31. The topological polar surface area (TPSA) is 12.0 Å². The highest BCUT2D eigenvalue weighted by atomic mass is 35.5. The van der Waals surface area contributed by atoms with Gasteiger partial charge in [-0.25, -0.2) is 0 Å². The number of thiophene rings is 1. The molecule has 2 aromatic carbocycles. The van der Waals surface area contributed by atoms with Crippen molar-refractivity contribution in [2.45, 2.75) is 25.9 Å². The van der Waals surface area contributed by atoms with E-state index in [2.05, 4.69) is 67.7 Å². The van der Waals surface area contributed by atoms with Crippen LogP contribution in [0.1, 0.15) is 36.4 Å². The average Bonchev–Trinajstić information content (AvgIpc) is 2.93. The van der Waals surface area contributed by atoms with E-state index < -0.39 is 0 Å². The Kier molecular flexibility index (Phi) is 4.29. The monoisotopic (exact) mass is 315 g/mol. The highest BCUT2D eigenvalue weighted by Gasteiger charge is 2.13. The van der Waals surface area contributed by atoms with E-state index >= 15 is 0 Å². The van der Waals surface area contributed by atoms with E-state index in [9.17, 15) is 0 Å². The highest BCUT2D eigenvalue weighted by molar-refractivity contribution is 7.16. The first kappa shape index (κ1) is 14.6. The first-order valence-electron chi connectivity index (χ1n) is 7.13. The van der Waals surface area contributed by atoms with E-state index in [-0.39, 0.29) is 0 Å². The van der Waals surface area contributed by atoms with Gasteiger partial charge in [0, 0.05) is 17.0 Å². The molecule has 0 spiro atoms. The van der Waals surface area contributed by atoms with Gasteiger partial charge in [0.1, 0.15) is 0 Å². The van der Waals surface area contributed by atoms with E-state index in [1.165, 1.54) is 21.2 Å². The van der Waals surface area contributed by atoms with E-state index in [4.69, 9.17) is 11.6 Å². The molecular formula is C18H18ClNS. The Hall–Kier alpha value is -1.35. The highest BCUT2D eigenvalue weighted by Crippen LogP contribution is 2.29. The molecule has 1 N–H and O–H groups in total. The van der Waals surface area contributed by atoms with Gasteiger partial charge in [-0.05, 0) is 48.4 Å². The second-order valence-electron chi connectivity index (χ2n) is 5.36. The molecule has 3 aromatic rings. The van der Waals surface area contributed by atoms with Crippen molar-refractivity contribution in [3.63, 3.8) is 0 Å². The molecule has 1 aromatic heterocycles. The van der Waals surface area contributed by atoms with Crippen LogP contribution in [0.3, 0.4) is 0 Å². The zero-order valence-corrected chi connectivity index (χ0v) is 13.7. The summed E-state index contributed by atoms with van der Waals surface area (Å²) < 4.78 is 0.844. The number of hydrogen-bond acceptors (Lipinski definition) is 2. The number of hydrogen-bond donors (Lipinski definition) is 1. The van der Waals surface area contributed by atoms with E-state index in [0.717, 1.165) is 4.34 Å². The molecule has 1 nitrogen and oxygen atoms in total. The second-order valence-corrected chi connectivity index (χ2v) is 7.11. The Morgan fingerprint density at radius 3 is 2.38 bits per heavy atom. The summed E-state index contributed by atoms with van der Waals surface area (Å²) >= 11 is 7.65. The van der Waals surface area contributed by atoms with E-state index in [1.54, 1.807) is 11.3 Å². The quantitative estimate of drug-likeness (QED) is 0.625. The number of rotatable bonds is 4. The van der Waals surface area contributed by atoms with Crippen molar-refractivity contribution < 1.29 is 0 Å². The van der Waals surface area contributed by atoms with Gasteiger partial charge in [0.15, 0.2) is 0 Å². The standard InChI is InChI=1S/C18H18ClNS/c1-12(20-13(2)17-9-10-18(19)21-17)15-8-7-14-5-3-4-6-16(14)11-15/h3-13,20H,1-2H3. The first-order valence-corrected chi connectivity index (χ1v) is 8.33. The summed E-state index contributed by atoms with van der Waals surface area (Å²) in [4.78, 5) is 1.27. The molecule has 0 radical (unpaired) electrons. The molecule has 3 heteroatoms. The van der Waals surface area contributed by atoms with Gasteiger partial charge >= 0.3 is 0 Å². The number of halogens is 1. The van der Waals surface area contributed by atoms with Crippen LogP contribution >= 0.6 is 22.9 Å². The molecule has 0 saturated heterocycles. The normalized spacial score (nSPS) is 14.2. The Morgan fingerprint density at radius 2 is 1.67 bits per heavy atom. The smallest absolute Gasteiger partial charge is 0.0931 e. The van der Waals surface area contributed by atoms with Gasteiger partial charge in [-0.3, -0.25) is 0 Å².